The van der Waals surface area contributed by atoms with Gasteiger partial charge in [0.15, 0.2) is 0 Å². The van der Waals surface area contributed by atoms with E-state index in [0.717, 1.165) is 17.7 Å². The van der Waals surface area contributed by atoms with Crippen molar-refractivity contribution in [2.45, 2.75) is 39.7 Å². The number of nitrogens with one attached hydrogen (secondary N) is 2. The normalized spacial score (nSPS) is 11.8. The molecule has 0 radical (unpaired) electrons. The van der Waals surface area contributed by atoms with Crippen LogP contribution in [0.4, 0.5) is 10.1 Å². The fraction of sp³-hybridized carbons (Fsp3) is 0.333. The lowest BCUT2D eigenvalue weighted by Gasteiger charge is -2.21. The quantitative estimate of drug-likeness (QED) is 0.319. The summed E-state index contributed by atoms with van der Waals surface area (Å²) in [5.41, 5.74) is 2.51. The molecule has 35 heavy (non-hydrogen) atoms. The summed E-state index contributed by atoms with van der Waals surface area (Å²) in [6, 6.07) is 13.3. The molecule has 186 valence electrons. The van der Waals surface area contributed by atoms with E-state index in [2.05, 4.69) is 24.5 Å². The average molecular weight is 483 g/mol. The van der Waals surface area contributed by atoms with E-state index in [1.54, 1.807) is 36.4 Å². The van der Waals surface area contributed by atoms with Crippen molar-refractivity contribution in [2.24, 2.45) is 5.92 Å². The first kappa shape index (κ1) is 25.8. The highest BCUT2D eigenvalue weighted by atomic mass is 19.1. The van der Waals surface area contributed by atoms with Crippen molar-refractivity contribution < 1.29 is 28.2 Å². The maximum atomic E-state index is 14.5. The summed E-state index contributed by atoms with van der Waals surface area (Å²) in [6.07, 6.45) is 0.672. The molecule has 0 saturated heterocycles. The molecule has 3 N–H and O–H groups in total. The third-order valence-electron chi connectivity index (χ3n) is 5.59. The second kappa shape index (κ2) is 11.6. The van der Waals surface area contributed by atoms with Crippen molar-refractivity contribution in [1.29, 1.82) is 0 Å². The standard InChI is InChI=1S/C27H31FN2O5/c1-16(2)13-24(30-19-7-5-18(6-8-19)27(33)29-12-11-26(31)32)21-15-25(35-17(21)3)22-14-20(34-4)9-10-23(22)28/h5-10,14-16,24,30H,11-13H2,1-4H3,(H,29,33)(H,31,32). The molecular weight excluding hydrogens is 451 g/mol. The highest BCUT2D eigenvalue weighted by molar-refractivity contribution is 5.94. The first-order valence-electron chi connectivity index (χ1n) is 11.5. The van der Waals surface area contributed by atoms with Crippen molar-refractivity contribution in [2.75, 3.05) is 19.0 Å². The zero-order valence-corrected chi connectivity index (χ0v) is 20.4. The molecule has 7 nitrogen and oxygen atoms in total. The number of methoxy groups -OCH3 is 1. The van der Waals surface area contributed by atoms with Gasteiger partial charge in [-0.3, -0.25) is 9.59 Å². The summed E-state index contributed by atoms with van der Waals surface area (Å²) in [4.78, 5) is 22.8. The number of aryl methyl sites for hydroxylation is 1. The van der Waals surface area contributed by atoms with Crippen LogP contribution in [0.2, 0.25) is 0 Å². The first-order valence-corrected chi connectivity index (χ1v) is 11.5. The highest BCUT2D eigenvalue weighted by Crippen LogP contribution is 2.36. The van der Waals surface area contributed by atoms with Crippen LogP contribution in [0.15, 0.2) is 52.9 Å². The molecule has 1 heterocycles. The molecule has 1 atom stereocenters. The van der Waals surface area contributed by atoms with Crippen LogP contribution >= 0.6 is 0 Å². The van der Waals surface area contributed by atoms with E-state index in [4.69, 9.17) is 14.3 Å². The molecule has 1 aromatic heterocycles. The maximum absolute atomic E-state index is 14.5. The number of carbonyl (C=O) groups excluding carboxylic acids is 1. The molecular formula is C27H31FN2O5. The van der Waals surface area contributed by atoms with E-state index in [1.165, 1.54) is 13.2 Å². The lowest BCUT2D eigenvalue weighted by molar-refractivity contribution is -0.136. The Hall–Kier alpha value is -3.81. The lowest BCUT2D eigenvalue weighted by Crippen LogP contribution is -2.25. The fourth-order valence-electron chi connectivity index (χ4n) is 3.83. The van der Waals surface area contributed by atoms with Crippen LogP contribution < -0.4 is 15.4 Å². The zero-order valence-electron chi connectivity index (χ0n) is 20.4. The van der Waals surface area contributed by atoms with Crippen LogP contribution in [0.1, 0.15) is 54.4 Å². The Labute approximate surface area is 204 Å². The molecule has 0 aliphatic heterocycles. The maximum Gasteiger partial charge on any atom is 0.305 e. The summed E-state index contributed by atoms with van der Waals surface area (Å²) in [5.74, 6) is 0.350. The summed E-state index contributed by atoms with van der Waals surface area (Å²) in [7, 11) is 1.53. The molecule has 3 aromatic rings. The minimum atomic E-state index is -0.965. The number of anilines is 1. The second-order valence-corrected chi connectivity index (χ2v) is 8.77. The number of furan rings is 1. The van der Waals surface area contributed by atoms with Crippen LogP contribution in [0.25, 0.3) is 11.3 Å². The van der Waals surface area contributed by atoms with Gasteiger partial charge in [-0.2, -0.15) is 0 Å². The van der Waals surface area contributed by atoms with E-state index < -0.39 is 11.8 Å². The Morgan fingerprint density at radius 2 is 1.83 bits per heavy atom. The number of amides is 1. The average Bonchev–Trinajstić information content (AvgIpc) is 3.20. The van der Waals surface area contributed by atoms with Gasteiger partial charge in [0, 0.05) is 23.4 Å². The minimum Gasteiger partial charge on any atom is -0.497 e. The Kier molecular flexibility index (Phi) is 8.52. The van der Waals surface area contributed by atoms with Crippen LogP contribution in [0.5, 0.6) is 5.75 Å². The van der Waals surface area contributed by atoms with Crippen molar-refractivity contribution in [3.8, 4) is 17.1 Å². The van der Waals surface area contributed by atoms with Gasteiger partial charge in [0.05, 0.1) is 25.1 Å². The Morgan fingerprint density at radius 3 is 2.46 bits per heavy atom. The number of carboxylic acids is 1. The third kappa shape index (κ3) is 6.85. The monoisotopic (exact) mass is 482 g/mol. The second-order valence-electron chi connectivity index (χ2n) is 8.77. The van der Waals surface area contributed by atoms with Gasteiger partial charge >= 0.3 is 5.97 Å². The molecule has 1 unspecified atom stereocenters. The number of hydrogen-bond acceptors (Lipinski definition) is 5. The smallest absolute Gasteiger partial charge is 0.305 e. The van der Waals surface area contributed by atoms with Gasteiger partial charge in [0.2, 0.25) is 0 Å². The van der Waals surface area contributed by atoms with E-state index in [0.29, 0.717) is 34.3 Å². The first-order chi connectivity index (χ1) is 16.7. The van der Waals surface area contributed by atoms with Gasteiger partial charge in [-0.05, 0) is 67.8 Å². The van der Waals surface area contributed by atoms with Gasteiger partial charge in [-0.15, -0.1) is 0 Å². The molecule has 0 spiro atoms. The minimum absolute atomic E-state index is 0.0701. The number of ether oxygens (including phenoxy) is 1. The molecule has 2 aromatic carbocycles. The SMILES string of the molecule is COc1ccc(F)c(-c2cc(C(CC(C)C)Nc3ccc(C(=O)NCCC(=O)O)cc3)c(C)o2)c1. The number of halogens is 1. The molecule has 0 saturated carbocycles. The molecule has 0 bridgehead atoms. The predicted molar refractivity (Wildman–Crippen MR) is 132 cm³/mol. The van der Waals surface area contributed by atoms with E-state index in [1.807, 2.05) is 13.0 Å². The van der Waals surface area contributed by atoms with Crippen molar-refractivity contribution in [3.05, 3.63) is 71.2 Å². The van der Waals surface area contributed by atoms with E-state index in [-0.39, 0.29) is 24.9 Å². The Morgan fingerprint density at radius 1 is 1.11 bits per heavy atom. The fourth-order valence-corrected chi connectivity index (χ4v) is 3.83. The largest absolute Gasteiger partial charge is 0.497 e. The Bertz CT molecular complexity index is 1170. The number of carbonyl (C=O) groups is 2. The molecule has 8 heteroatoms. The van der Waals surface area contributed by atoms with Gasteiger partial charge in [0.25, 0.3) is 5.91 Å². The Balaban J connectivity index is 1.80. The summed E-state index contributed by atoms with van der Waals surface area (Å²) >= 11 is 0. The van der Waals surface area contributed by atoms with Gasteiger partial charge in [-0.1, -0.05) is 13.8 Å². The van der Waals surface area contributed by atoms with Crippen LogP contribution in [0, 0.1) is 18.7 Å². The van der Waals surface area contributed by atoms with Crippen LogP contribution in [0.3, 0.4) is 0 Å². The van der Waals surface area contributed by atoms with Gasteiger partial charge in [0.1, 0.15) is 23.1 Å². The lowest BCUT2D eigenvalue weighted by atomic mass is 9.96. The summed E-state index contributed by atoms with van der Waals surface area (Å²) in [6.45, 7) is 6.17. The van der Waals surface area contributed by atoms with E-state index in [9.17, 15) is 14.0 Å². The molecule has 0 aliphatic carbocycles. The summed E-state index contributed by atoms with van der Waals surface area (Å²) in [5, 5.41) is 14.8. The molecule has 0 fully saturated rings. The van der Waals surface area contributed by atoms with Gasteiger partial charge in [-0.25, -0.2) is 4.39 Å². The number of hydrogen-bond donors (Lipinski definition) is 3. The molecule has 0 aliphatic rings. The zero-order chi connectivity index (χ0) is 25.5. The summed E-state index contributed by atoms with van der Waals surface area (Å²) < 4.78 is 25.7. The topological polar surface area (TPSA) is 101 Å². The van der Waals surface area contributed by atoms with Crippen LogP contribution in [-0.4, -0.2) is 30.6 Å². The van der Waals surface area contributed by atoms with Gasteiger partial charge < -0.3 is 24.9 Å². The van der Waals surface area contributed by atoms with E-state index >= 15 is 0 Å². The number of rotatable bonds is 11. The number of aliphatic carboxylic acids is 1. The van der Waals surface area contributed by atoms with Crippen molar-refractivity contribution in [1.82, 2.24) is 5.32 Å². The number of benzene rings is 2. The van der Waals surface area contributed by atoms with Crippen LogP contribution in [-0.2, 0) is 4.79 Å². The number of carboxylic acid groups (broad SMARTS) is 1. The molecule has 1 amide bonds. The predicted octanol–water partition coefficient (Wildman–Crippen LogP) is 5.81. The third-order valence-corrected chi connectivity index (χ3v) is 5.59. The highest BCUT2D eigenvalue weighted by Gasteiger charge is 2.22. The van der Waals surface area contributed by atoms with Crippen molar-refractivity contribution in [3.63, 3.8) is 0 Å². The van der Waals surface area contributed by atoms with Crippen molar-refractivity contribution >= 4 is 17.6 Å². The molecule has 3 rings (SSSR count).